The van der Waals surface area contributed by atoms with Crippen LogP contribution in [-0.2, 0) is 0 Å². The summed E-state index contributed by atoms with van der Waals surface area (Å²) < 4.78 is 6.64. The smallest absolute Gasteiger partial charge is 0.139 e. The monoisotopic (exact) mass is 624 g/mol. The molecule has 1 heterocycles. The second kappa shape index (κ2) is 11.2. The van der Waals surface area contributed by atoms with Gasteiger partial charge in [0, 0.05) is 10.9 Å². The number of rotatable bonds is 5. The fourth-order valence-electron chi connectivity index (χ4n) is 8.21. The predicted octanol–water partition coefficient (Wildman–Crippen LogP) is 13.5. The third-order valence-corrected chi connectivity index (χ3v) is 10.4. The number of furan rings is 1. The van der Waals surface area contributed by atoms with Crippen LogP contribution in [0.1, 0.15) is 24.2 Å². The Kier molecular flexibility index (Phi) is 6.38. The summed E-state index contributed by atoms with van der Waals surface area (Å²) in [5, 5.41) is 3.80. The van der Waals surface area contributed by atoms with Crippen LogP contribution in [0.5, 0.6) is 0 Å². The van der Waals surface area contributed by atoms with E-state index in [0.29, 0.717) is 0 Å². The fraction of sp³-hybridized carbons (Fsp3) is 0.0417. The van der Waals surface area contributed by atoms with Gasteiger partial charge in [0.15, 0.2) is 0 Å². The molecule has 0 spiro atoms. The number of benzene rings is 7. The van der Waals surface area contributed by atoms with Crippen molar-refractivity contribution >= 4 is 32.9 Å². The Morgan fingerprint density at radius 2 is 0.959 bits per heavy atom. The highest BCUT2D eigenvalue weighted by atomic mass is 16.3. The molecule has 7 aromatic carbocycles. The summed E-state index contributed by atoms with van der Waals surface area (Å²) in [5.74, 6) is 0.979. The van der Waals surface area contributed by atoms with E-state index in [2.05, 4.69) is 170 Å². The van der Waals surface area contributed by atoms with E-state index in [1.165, 1.54) is 83.1 Å². The van der Waals surface area contributed by atoms with E-state index in [1.54, 1.807) is 0 Å². The van der Waals surface area contributed by atoms with Crippen LogP contribution < -0.4 is 0 Å². The van der Waals surface area contributed by atoms with Crippen LogP contribution in [0.2, 0.25) is 0 Å². The van der Waals surface area contributed by atoms with Crippen LogP contribution in [0, 0.1) is 0 Å². The van der Waals surface area contributed by atoms with Crippen molar-refractivity contribution in [1.82, 2.24) is 0 Å². The van der Waals surface area contributed by atoms with Gasteiger partial charge in [0.25, 0.3) is 0 Å². The van der Waals surface area contributed by atoms with Crippen molar-refractivity contribution in [3.05, 3.63) is 181 Å². The van der Waals surface area contributed by atoms with Crippen LogP contribution in [0.25, 0.3) is 88.5 Å². The number of para-hydroxylation sites is 1. The molecule has 0 saturated carbocycles. The fourth-order valence-corrected chi connectivity index (χ4v) is 8.21. The lowest BCUT2D eigenvalue weighted by molar-refractivity contribution is 0.597. The molecule has 0 saturated heterocycles. The van der Waals surface area contributed by atoms with Crippen LogP contribution in [0.3, 0.4) is 0 Å². The summed E-state index contributed by atoms with van der Waals surface area (Å²) in [5.41, 5.74) is 17.6. The molecule has 1 nitrogen and oxygen atoms in total. The number of hydrogen-bond donors (Lipinski definition) is 0. The molecule has 0 amide bonds. The van der Waals surface area contributed by atoms with E-state index in [-0.39, 0.29) is 0 Å². The highest BCUT2D eigenvalue weighted by molar-refractivity contribution is 6.22. The molecular weight excluding hydrogens is 593 g/mol. The van der Waals surface area contributed by atoms with Crippen molar-refractivity contribution in [2.24, 2.45) is 0 Å². The Morgan fingerprint density at radius 1 is 0.388 bits per heavy atom. The minimum Gasteiger partial charge on any atom is -0.456 e. The van der Waals surface area contributed by atoms with E-state index >= 15 is 0 Å². The van der Waals surface area contributed by atoms with Gasteiger partial charge in [0.1, 0.15) is 11.3 Å². The summed E-state index contributed by atoms with van der Waals surface area (Å²) in [6.45, 7) is 0. The molecule has 8 aromatic rings. The van der Waals surface area contributed by atoms with Crippen molar-refractivity contribution in [2.45, 2.75) is 12.8 Å². The van der Waals surface area contributed by atoms with Crippen LogP contribution in [0.4, 0.5) is 0 Å². The van der Waals surface area contributed by atoms with Gasteiger partial charge in [-0.3, -0.25) is 0 Å². The van der Waals surface area contributed by atoms with Gasteiger partial charge in [-0.25, -0.2) is 0 Å². The van der Waals surface area contributed by atoms with Gasteiger partial charge in [0.05, 0.1) is 0 Å². The molecule has 0 unspecified atom stereocenters. The van der Waals surface area contributed by atoms with Crippen LogP contribution >= 0.6 is 0 Å². The third-order valence-electron chi connectivity index (χ3n) is 10.4. The maximum atomic E-state index is 6.64. The maximum Gasteiger partial charge on any atom is 0.139 e. The quantitative estimate of drug-likeness (QED) is 0.186. The van der Waals surface area contributed by atoms with Gasteiger partial charge < -0.3 is 4.42 Å². The van der Waals surface area contributed by atoms with Crippen molar-refractivity contribution in [1.29, 1.82) is 0 Å². The standard InChI is InChI=1S/C48H32O/c1-4-14-31(15-5-1)41-30-40(44(34-16-6-2-7-17-34)47-39-24-13-21-33-20-12-23-38(43(33)39)46(41)47)32-26-28-36(29-27-32)48-45(35-18-8-3-9-19-35)37-22-10-11-25-42(37)49-48/h1-26,28,30H,27,29H2. The summed E-state index contributed by atoms with van der Waals surface area (Å²) >= 11 is 0. The first kappa shape index (κ1) is 27.9. The molecular formula is C48H32O. The SMILES string of the molecule is C1=C(c2cc(-c3ccccc3)c3c(c2-c2ccccc2)-c2cccc4cccc-3c24)CCC(c2oc3ccccc3c2-c2ccccc2)=C1. The second-order valence-electron chi connectivity index (χ2n) is 13.1. The van der Waals surface area contributed by atoms with Gasteiger partial charge >= 0.3 is 0 Å². The highest BCUT2D eigenvalue weighted by Crippen LogP contribution is 2.57. The van der Waals surface area contributed by atoms with Crippen LogP contribution in [0.15, 0.2) is 174 Å². The molecule has 230 valence electrons. The first-order chi connectivity index (χ1) is 24.3. The molecule has 1 heteroatoms. The molecule has 0 aliphatic heterocycles. The topological polar surface area (TPSA) is 13.1 Å². The molecule has 2 aliphatic carbocycles. The Hall–Kier alpha value is -6.18. The molecule has 0 bridgehead atoms. The first-order valence-corrected chi connectivity index (χ1v) is 17.2. The Balaban J connectivity index is 1.23. The lowest BCUT2D eigenvalue weighted by Gasteiger charge is -2.23. The maximum absolute atomic E-state index is 6.64. The lowest BCUT2D eigenvalue weighted by Crippen LogP contribution is -2.00. The predicted molar refractivity (Wildman–Crippen MR) is 206 cm³/mol. The zero-order chi connectivity index (χ0) is 32.3. The van der Waals surface area contributed by atoms with Gasteiger partial charge in [-0.05, 0) is 103 Å². The minimum absolute atomic E-state index is 0.896. The molecule has 0 N–H and O–H groups in total. The Bertz CT molecular complexity index is 2610. The Morgan fingerprint density at radius 3 is 1.63 bits per heavy atom. The molecule has 0 atom stereocenters. The summed E-state index contributed by atoms with van der Waals surface area (Å²) in [6.07, 6.45) is 6.48. The van der Waals surface area contributed by atoms with E-state index in [4.69, 9.17) is 4.42 Å². The average molecular weight is 625 g/mol. The minimum atomic E-state index is 0.896. The van der Waals surface area contributed by atoms with Gasteiger partial charge in [-0.15, -0.1) is 0 Å². The van der Waals surface area contributed by atoms with Crippen LogP contribution in [-0.4, -0.2) is 0 Å². The van der Waals surface area contributed by atoms with Gasteiger partial charge in [-0.2, -0.15) is 0 Å². The highest BCUT2D eigenvalue weighted by Gasteiger charge is 2.31. The van der Waals surface area contributed by atoms with Crippen molar-refractivity contribution in [3.8, 4) is 55.6 Å². The molecule has 0 radical (unpaired) electrons. The molecule has 1 aromatic heterocycles. The first-order valence-electron chi connectivity index (χ1n) is 17.2. The van der Waals surface area contributed by atoms with E-state index in [9.17, 15) is 0 Å². The number of allylic oxidation sites excluding steroid dienone is 4. The van der Waals surface area contributed by atoms with Crippen molar-refractivity contribution in [3.63, 3.8) is 0 Å². The molecule has 2 aliphatic rings. The van der Waals surface area contributed by atoms with Crippen molar-refractivity contribution in [2.75, 3.05) is 0 Å². The van der Waals surface area contributed by atoms with E-state index in [1.807, 2.05) is 0 Å². The normalized spacial score (nSPS) is 13.4. The summed E-state index contributed by atoms with van der Waals surface area (Å²) in [4.78, 5) is 0. The lowest BCUT2D eigenvalue weighted by atomic mass is 9.80. The molecule has 10 rings (SSSR count). The number of fused-ring (bicyclic) bond motifs is 4. The Labute approximate surface area is 286 Å². The van der Waals surface area contributed by atoms with Gasteiger partial charge in [0.2, 0.25) is 0 Å². The van der Waals surface area contributed by atoms with Crippen molar-refractivity contribution < 1.29 is 4.42 Å². The average Bonchev–Trinajstić information content (AvgIpc) is 3.73. The zero-order valence-electron chi connectivity index (χ0n) is 27.0. The number of hydrogen-bond acceptors (Lipinski definition) is 1. The molecule has 0 fully saturated rings. The summed E-state index contributed by atoms with van der Waals surface area (Å²) in [6, 6.07) is 57.0. The van der Waals surface area contributed by atoms with Gasteiger partial charge in [-0.1, -0.05) is 158 Å². The van der Waals surface area contributed by atoms with E-state index in [0.717, 1.165) is 29.6 Å². The molecule has 49 heavy (non-hydrogen) atoms. The van der Waals surface area contributed by atoms with E-state index < -0.39 is 0 Å². The zero-order valence-corrected chi connectivity index (χ0v) is 27.0. The summed E-state index contributed by atoms with van der Waals surface area (Å²) in [7, 11) is 0. The second-order valence-corrected chi connectivity index (χ2v) is 13.1. The third kappa shape index (κ3) is 4.40. The largest absolute Gasteiger partial charge is 0.456 e.